The van der Waals surface area contributed by atoms with Crippen molar-refractivity contribution in [1.29, 1.82) is 0 Å². The molecule has 0 bridgehead atoms. The number of hydrogen-bond acceptors (Lipinski definition) is 1. The number of aryl methyl sites for hydroxylation is 2. The molecule has 102 valence electrons. The van der Waals surface area contributed by atoms with Crippen molar-refractivity contribution < 1.29 is 0 Å². The van der Waals surface area contributed by atoms with Gasteiger partial charge in [-0.3, -0.25) is 0 Å². The van der Waals surface area contributed by atoms with Gasteiger partial charge in [0.05, 0.1) is 24.2 Å². The molecule has 0 unspecified atom stereocenters. The van der Waals surface area contributed by atoms with Gasteiger partial charge in [0.25, 0.3) is 0 Å². The van der Waals surface area contributed by atoms with E-state index < -0.39 is 0 Å². The second-order valence-electron chi connectivity index (χ2n) is 5.03. The highest BCUT2D eigenvalue weighted by Crippen LogP contribution is 2.29. The average molecular weight is 273 g/mol. The fraction of sp³-hybridized carbons (Fsp3) is 0.111. The topological polar surface area (TPSA) is 22.2 Å². The van der Waals surface area contributed by atoms with Crippen LogP contribution in [0.4, 0.5) is 5.69 Å². The maximum absolute atomic E-state index is 7.15. The fourth-order valence-corrected chi connectivity index (χ4v) is 2.61. The summed E-state index contributed by atoms with van der Waals surface area (Å²) in [6, 6.07) is 15.8. The van der Waals surface area contributed by atoms with E-state index in [0.717, 1.165) is 11.4 Å². The third-order valence-electron chi connectivity index (χ3n) is 3.58. The molecule has 0 saturated heterocycles. The Labute approximate surface area is 124 Å². The van der Waals surface area contributed by atoms with Gasteiger partial charge in [-0.25, -0.2) is 9.53 Å². The van der Waals surface area contributed by atoms with Crippen LogP contribution < -0.4 is 0 Å². The maximum Gasteiger partial charge on any atom is 0.189 e. The molecule has 0 aliphatic rings. The summed E-state index contributed by atoms with van der Waals surface area (Å²) in [5.74, 6) is 0. The van der Waals surface area contributed by atoms with Gasteiger partial charge in [0.2, 0.25) is 0 Å². The van der Waals surface area contributed by atoms with Gasteiger partial charge in [0.1, 0.15) is 0 Å². The van der Waals surface area contributed by atoms with Crippen molar-refractivity contribution in [2.45, 2.75) is 13.8 Å². The second kappa shape index (κ2) is 5.26. The molecule has 0 amide bonds. The van der Waals surface area contributed by atoms with Crippen molar-refractivity contribution in [1.82, 2.24) is 9.78 Å². The van der Waals surface area contributed by atoms with E-state index in [1.165, 1.54) is 16.7 Å². The molecule has 0 saturated carbocycles. The first kappa shape index (κ1) is 13.1. The van der Waals surface area contributed by atoms with E-state index in [9.17, 15) is 0 Å². The summed E-state index contributed by atoms with van der Waals surface area (Å²) in [5, 5.41) is 4.43. The summed E-state index contributed by atoms with van der Waals surface area (Å²) in [6.07, 6.45) is 1.80. The van der Waals surface area contributed by atoms with Crippen LogP contribution in [0.2, 0.25) is 0 Å². The lowest BCUT2D eigenvalue weighted by atomic mass is 10.00. The van der Waals surface area contributed by atoms with Crippen LogP contribution in [0.1, 0.15) is 11.1 Å². The largest absolute Gasteiger partial charge is 0.238 e. The second-order valence-corrected chi connectivity index (χ2v) is 5.03. The predicted molar refractivity (Wildman–Crippen MR) is 84.7 cm³/mol. The summed E-state index contributed by atoms with van der Waals surface area (Å²) >= 11 is 0. The van der Waals surface area contributed by atoms with Crippen LogP contribution in [0.25, 0.3) is 21.8 Å². The van der Waals surface area contributed by atoms with Gasteiger partial charge in [0, 0.05) is 5.56 Å². The van der Waals surface area contributed by atoms with Crippen molar-refractivity contribution in [2.75, 3.05) is 0 Å². The van der Waals surface area contributed by atoms with Gasteiger partial charge >= 0.3 is 0 Å². The fourth-order valence-electron chi connectivity index (χ4n) is 2.61. The van der Waals surface area contributed by atoms with Gasteiger partial charge in [-0.2, -0.15) is 5.10 Å². The monoisotopic (exact) mass is 273 g/mol. The van der Waals surface area contributed by atoms with Crippen molar-refractivity contribution in [2.24, 2.45) is 0 Å². The molecular weight excluding hydrogens is 258 g/mol. The molecule has 0 aliphatic heterocycles. The number of aromatic nitrogens is 2. The Morgan fingerprint density at radius 2 is 1.71 bits per heavy atom. The standard InChI is InChI=1S/C18H15N3/c1-13-6-4-7-14(2)18(13)17-10-11-20-21(17)16-9-5-8-15(12-16)19-3/h4-12H,1-2H3. The molecule has 2 aromatic carbocycles. The molecule has 3 heteroatoms. The van der Waals surface area contributed by atoms with E-state index in [0.29, 0.717) is 5.69 Å². The predicted octanol–water partition coefficient (Wildman–Crippen LogP) is 4.71. The zero-order valence-electron chi connectivity index (χ0n) is 12.0. The van der Waals surface area contributed by atoms with Crippen LogP contribution in [-0.4, -0.2) is 9.78 Å². The summed E-state index contributed by atoms with van der Waals surface area (Å²) < 4.78 is 1.89. The molecular formula is C18H15N3. The summed E-state index contributed by atoms with van der Waals surface area (Å²) in [5.41, 5.74) is 6.22. The van der Waals surface area contributed by atoms with Gasteiger partial charge in [-0.1, -0.05) is 30.3 Å². The van der Waals surface area contributed by atoms with Crippen molar-refractivity contribution >= 4 is 5.69 Å². The quantitative estimate of drug-likeness (QED) is 0.620. The molecule has 0 atom stereocenters. The molecule has 1 aromatic heterocycles. The summed E-state index contributed by atoms with van der Waals surface area (Å²) in [4.78, 5) is 3.49. The van der Waals surface area contributed by atoms with E-state index in [1.54, 1.807) is 12.3 Å². The molecule has 1 heterocycles. The number of nitrogens with zero attached hydrogens (tertiary/aromatic N) is 3. The lowest BCUT2D eigenvalue weighted by Crippen LogP contribution is -2.00. The normalized spacial score (nSPS) is 10.3. The minimum absolute atomic E-state index is 0.621. The van der Waals surface area contributed by atoms with Crippen LogP contribution in [0.3, 0.4) is 0 Å². The first-order valence-corrected chi connectivity index (χ1v) is 6.79. The van der Waals surface area contributed by atoms with Gasteiger partial charge in [-0.05, 0) is 43.2 Å². The van der Waals surface area contributed by atoms with Crippen LogP contribution in [0.5, 0.6) is 0 Å². The summed E-state index contributed by atoms with van der Waals surface area (Å²) in [6.45, 7) is 11.4. The first-order valence-electron chi connectivity index (χ1n) is 6.79. The third kappa shape index (κ3) is 2.32. The minimum atomic E-state index is 0.621. The Balaban J connectivity index is 2.20. The first-order chi connectivity index (χ1) is 10.2. The highest BCUT2D eigenvalue weighted by Gasteiger charge is 2.12. The average Bonchev–Trinajstić information content (AvgIpc) is 2.96. The van der Waals surface area contributed by atoms with E-state index in [4.69, 9.17) is 6.57 Å². The zero-order valence-corrected chi connectivity index (χ0v) is 12.0. The zero-order chi connectivity index (χ0) is 14.8. The smallest absolute Gasteiger partial charge is 0.189 e. The van der Waals surface area contributed by atoms with Crippen LogP contribution in [0, 0.1) is 20.4 Å². The van der Waals surface area contributed by atoms with Gasteiger partial charge < -0.3 is 0 Å². The Hall–Kier alpha value is -2.86. The molecule has 3 nitrogen and oxygen atoms in total. The number of hydrogen-bond donors (Lipinski definition) is 0. The third-order valence-corrected chi connectivity index (χ3v) is 3.58. The molecule has 3 rings (SSSR count). The van der Waals surface area contributed by atoms with E-state index in [-0.39, 0.29) is 0 Å². The lowest BCUT2D eigenvalue weighted by Gasteiger charge is -2.12. The molecule has 0 radical (unpaired) electrons. The molecule has 0 spiro atoms. The minimum Gasteiger partial charge on any atom is -0.238 e. The van der Waals surface area contributed by atoms with Gasteiger partial charge in [0.15, 0.2) is 5.69 Å². The Morgan fingerprint density at radius 1 is 1.00 bits per heavy atom. The van der Waals surface area contributed by atoms with Crippen LogP contribution >= 0.6 is 0 Å². The Morgan fingerprint density at radius 3 is 2.43 bits per heavy atom. The van der Waals surface area contributed by atoms with Crippen molar-refractivity contribution in [3.8, 4) is 16.9 Å². The molecule has 21 heavy (non-hydrogen) atoms. The molecule has 0 aliphatic carbocycles. The summed E-state index contributed by atoms with van der Waals surface area (Å²) in [7, 11) is 0. The van der Waals surface area contributed by atoms with E-state index >= 15 is 0 Å². The highest BCUT2D eigenvalue weighted by atomic mass is 15.3. The van der Waals surface area contributed by atoms with E-state index in [2.05, 4.69) is 42.0 Å². The molecule has 0 fully saturated rings. The lowest BCUT2D eigenvalue weighted by molar-refractivity contribution is 0.887. The van der Waals surface area contributed by atoms with E-state index in [1.807, 2.05) is 28.9 Å². The van der Waals surface area contributed by atoms with Crippen molar-refractivity contribution in [3.63, 3.8) is 0 Å². The molecule has 3 aromatic rings. The molecule has 0 N–H and O–H groups in total. The van der Waals surface area contributed by atoms with Crippen LogP contribution in [-0.2, 0) is 0 Å². The Kier molecular flexibility index (Phi) is 3.29. The number of rotatable bonds is 2. The van der Waals surface area contributed by atoms with Crippen LogP contribution in [0.15, 0.2) is 54.7 Å². The maximum atomic E-state index is 7.15. The number of benzene rings is 2. The Bertz CT molecular complexity index is 817. The van der Waals surface area contributed by atoms with Gasteiger partial charge in [-0.15, -0.1) is 0 Å². The van der Waals surface area contributed by atoms with Crippen molar-refractivity contribution in [3.05, 3.63) is 77.3 Å². The highest BCUT2D eigenvalue weighted by molar-refractivity contribution is 5.69. The SMILES string of the molecule is [C-]#[N+]c1cccc(-n2nccc2-c2c(C)cccc2C)c1.